The molecule has 136 valence electrons. The van der Waals surface area contributed by atoms with Gasteiger partial charge in [-0.3, -0.25) is 9.59 Å². The maximum Gasteiger partial charge on any atom is 0.307 e. The molecule has 2 aromatic carbocycles. The fourth-order valence-electron chi connectivity index (χ4n) is 2.63. The quantitative estimate of drug-likeness (QED) is 0.725. The zero-order chi connectivity index (χ0) is 18.5. The monoisotopic (exact) mass is 375 g/mol. The molecule has 0 unspecified atom stereocenters. The molecule has 0 fully saturated rings. The Bertz CT molecular complexity index is 823. The summed E-state index contributed by atoms with van der Waals surface area (Å²) in [4.78, 5) is 26.1. The van der Waals surface area contributed by atoms with Gasteiger partial charge in [0, 0.05) is 23.7 Å². The Hall–Kier alpha value is -2.73. The smallest absolute Gasteiger partial charge is 0.307 e. The lowest BCUT2D eigenvalue weighted by Crippen LogP contribution is -2.33. The normalized spacial score (nSPS) is 11.9. The van der Waals surface area contributed by atoms with E-state index in [9.17, 15) is 9.59 Å². The highest BCUT2D eigenvalue weighted by Crippen LogP contribution is 2.33. The molecule has 0 aliphatic carbocycles. The summed E-state index contributed by atoms with van der Waals surface area (Å²) < 4.78 is 15.3. The number of hydrogen-bond acceptors (Lipinski definition) is 5. The van der Waals surface area contributed by atoms with Crippen LogP contribution in [0, 0.1) is 0 Å². The minimum Gasteiger partial charge on any atom is -0.469 e. The number of benzene rings is 2. The number of methoxy groups -OCH3 is 1. The van der Waals surface area contributed by atoms with Gasteiger partial charge in [-0.05, 0) is 29.8 Å². The van der Waals surface area contributed by atoms with Crippen LogP contribution in [0.15, 0.2) is 42.5 Å². The Morgan fingerprint density at radius 3 is 2.69 bits per heavy atom. The van der Waals surface area contributed by atoms with Gasteiger partial charge >= 0.3 is 5.97 Å². The first-order valence-corrected chi connectivity index (χ1v) is 8.45. The number of rotatable bonds is 6. The molecule has 0 saturated heterocycles. The maximum atomic E-state index is 13.0. The SMILES string of the molecule is COC(=O)CCN(Cc1ccccc1Cl)C(=O)c1ccc2c(c1)OCO2. The third kappa shape index (κ3) is 4.08. The topological polar surface area (TPSA) is 65.1 Å². The first-order chi connectivity index (χ1) is 12.6. The lowest BCUT2D eigenvalue weighted by Gasteiger charge is -2.23. The van der Waals surface area contributed by atoms with E-state index in [0.29, 0.717) is 22.1 Å². The summed E-state index contributed by atoms with van der Waals surface area (Å²) in [5.41, 5.74) is 1.25. The van der Waals surface area contributed by atoms with Crippen LogP contribution in [0.2, 0.25) is 5.02 Å². The van der Waals surface area contributed by atoms with E-state index in [1.807, 2.05) is 18.2 Å². The molecule has 0 N–H and O–H groups in total. The van der Waals surface area contributed by atoms with E-state index in [2.05, 4.69) is 4.74 Å². The zero-order valence-corrected chi connectivity index (χ0v) is 15.0. The second-order valence-electron chi connectivity index (χ2n) is 5.71. The molecule has 6 nitrogen and oxygen atoms in total. The summed E-state index contributed by atoms with van der Waals surface area (Å²) >= 11 is 6.22. The predicted molar refractivity (Wildman–Crippen MR) is 95.4 cm³/mol. The Labute approximate surface area is 156 Å². The summed E-state index contributed by atoms with van der Waals surface area (Å²) in [5, 5.41) is 0.564. The van der Waals surface area contributed by atoms with Crippen molar-refractivity contribution in [3.05, 3.63) is 58.6 Å². The summed E-state index contributed by atoms with van der Waals surface area (Å²) in [5.74, 6) is 0.523. The minimum atomic E-state index is -0.382. The van der Waals surface area contributed by atoms with Gasteiger partial charge in [-0.1, -0.05) is 29.8 Å². The van der Waals surface area contributed by atoms with Gasteiger partial charge in [0.2, 0.25) is 6.79 Å². The molecule has 3 rings (SSSR count). The van der Waals surface area contributed by atoms with E-state index in [4.69, 9.17) is 21.1 Å². The van der Waals surface area contributed by atoms with Crippen molar-refractivity contribution in [1.29, 1.82) is 0 Å². The van der Waals surface area contributed by atoms with E-state index in [1.165, 1.54) is 7.11 Å². The van der Waals surface area contributed by atoms with Gasteiger partial charge in [-0.15, -0.1) is 0 Å². The first-order valence-electron chi connectivity index (χ1n) is 8.07. The van der Waals surface area contributed by atoms with Crippen molar-refractivity contribution < 1.29 is 23.8 Å². The van der Waals surface area contributed by atoms with Crippen LogP contribution in [0.25, 0.3) is 0 Å². The van der Waals surface area contributed by atoms with Crippen molar-refractivity contribution in [1.82, 2.24) is 4.90 Å². The number of ether oxygens (including phenoxy) is 3. The summed E-state index contributed by atoms with van der Waals surface area (Å²) in [7, 11) is 1.32. The fraction of sp³-hybridized carbons (Fsp3) is 0.263. The summed E-state index contributed by atoms with van der Waals surface area (Å²) in [6, 6.07) is 12.3. The number of nitrogens with zero attached hydrogens (tertiary/aromatic N) is 1. The minimum absolute atomic E-state index is 0.0945. The highest BCUT2D eigenvalue weighted by atomic mass is 35.5. The Morgan fingerprint density at radius 2 is 1.92 bits per heavy atom. The van der Waals surface area contributed by atoms with Crippen LogP contribution in [0.3, 0.4) is 0 Å². The van der Waals surface area contributed by atoms with Crippen LogP contribution < -0.4 is 9.47 Å². The Morgan fingerprint density at radius 1 is 1.15 bits per heavy atom. The number of carbonyl (C=O) groups is 2. The highest BCUT2D eigenvalue weighted by Gasteiger charge is 2.22. The van der Waals surface area contributed by atoms with Gasteiger partial charge in [-0.25, -0.2) is 0 Å². The van der Waals surface area contributed by atoms with E-state index >= 15 is 0 Å². The molecule has 1 aliphatic rings. The molecule has 1 heterocycles. The van der Waals surface area contributed by atoms with Gasteiger partial charge in [0.05, 0.1) is 13.5 Å². The molecule has 0 radical (unpaired) electrons. The van der Waals surface area contributed by atoms with Gasteiger partial charge in [-0.2, -0.15) is 0 Å². The van der Waals surface area contributed by atoms with Crippen molar-refractivity contribution in [3.8, 4) is 11.5 Å². The van der Waals surface area contributed by atoms with Crippen LogP contribution in [-0.2, 0) is 16.1 Å². The van der Waals surface area contributed by atoms with Crippen molar-refractivity contribution in [2.75, 3.05) is 20.4 Å². The predicted octanol–water partition coefficient (Wildman–Crippen LogP) is 3.27. The van der Waals surface area contributed by atoms with Gasteiger partial charge in [0.1, 0.15) is 0 Å². The Balaban J connectivity index is 1.82. The lowest BCUT2D eigenvalue weighted by atomic mass is 10.1. The lowest BCUT2D eigenvalue weighted by molar-refractivity contribution is -0.140. The first kappa shape index (κ1) is 18.1. The largest absolute Gasteiger partial charge is 0.469 e. The molecule has 0 bridgehead atoms. The zero-order valence-electron chi connectivity index (χ0n) is 14.2. The second kappa shape index (κ2) is 8.10. The van der Waals surface area contributed by atoms with Crippen LogP contribution in [0.5, 0.6) is 11.5 Å². The second-order valence-corrected chi connectivity index (χ2v) is 6.12. The van der Waals surface area contributed by atoms with E-state index < -0.39 is 0 Å². The molecule has 0 atom stereocenters. The van der Waals surface area contributed by atoms with Gasteiger partial charge in [0.25, 0.3) is 5.91 Å². The molecule has 7 heteroatoms. The average Bonchev–Trinajstić information content (AvgIpc) is 3.13. The molecule has 2 aromatic rings. The molecule has 0 spiro atoms. The molecule has 26 heavy (non-hydrogen) atoms. The molecular formula is C19H18ClNO5. The van der Waals surface area contributed by atoms with Gasteiger partial charge < -0.3 is 19.1 Å². The van der Waals surface area contributed by atoms with Crippen LogP contribution in [-0.4, -0.2) is 37.2 Å². The molecular weight excluding hydrogens is 358 g/mol. The number of halogens is 1. The standard InChI is InChI=1S/C19H18ClNO5/c1-24-18(22)8-9-21(11-14-4-2-3-5-15(14)20)19(23)13-6-7-16-17(10-13)26-12-25-16/h2-7,10H,8-9,11-12H2,1H3. The van der Waals surface area contributed by atoms with Gasteiger partial charge in [0.15, 0.2) is 11.5 Å². The van der Waals surface area contributed by atoms with Crippen molar-refractivity contribution in [2.24, 2.45) is 0 Å². The highest BCUT2D eigenvalue weighted by molar-refractivity contribution is 6.31. The van der Waals surface area contributed by atoms with E-state index in [0.717, 1.165) is 5.56 Å². The van der Waals surface area contributed by atoms with Crippen LogP contribution in [0.4, 0.5) is 0 Å². The summed E-state index contributed by atoms with van der Waals surface area (Å²) in [6.07, 6.45) is 0.0945. The van der Waals surface area contributed by atoms with Crippen molar-refractivity contribution in [2.45, 2.75) is 13.0 Å². The third-order valence-corrected chi connectivity index (χ3v) is 4.41. The fourth-order valence-corrected chi connectivity index (χ4v) is 2.82. The van der Waals surface area contributed by atoms with E-state index in [1.54, 1.807) is 29.2 Å². The maximum absolute atomic E-state index is 13.0. The average molecular weight is 376 g/mol. The number of hydrogen-bond donors (Lipinski definition) is 0. The number of carbonyl (C=O) groups excluding carboxylic acids is 2. The molecule has 1 aliphatic heterocycles. The molecule has 1 amide bonds. The van der Waals surface area contributed by atoms with Crippen LogP contribution in [0.1, 0.15) is 22.3 Å². The van der Waals surface area contributed by atoms with Crippen LogP contribution >= 0.6 is 11.6 Å². The Kier molecular flexibility index (Phi) is 5.63. The number of fused-ring (bicyclic) bond motifs is 1. The third-order valence-electron chi connectivity index (χ3n) is 4.04. The summed E-state index contributed by atoms with van der Waals surface area (Å²) in [6.45, 7) is 0.633. The number of amides is 1. The molecule has 0 saturated carbocycles. The molecule has 0 aromatic heterocycles. The van der Waals surface area contributed by atoms with E-state index in [-0.39, 0.29) is 38.2 Å². The van der Waals surface area contributed by atoms with Crippen molar-refractivity contribution >= 4 is 23.5 Å². The number of esters is 1. The van der Waals surface area contributed by atoms with Crippen molar-refractivity contribution in [3.63, 3.8) is 0 Å².